The van der Waals surface area contributed by atoms with Gasteiger partial charge in [-0.2, -0.15) is 0 Å². The van der Waals surface area contributed by atoms with Crippen LogP contribution in [0, 0.1) is 13.8 Å². The molecule has 7 heteroatoms. The molecule has 0 atom stereocenters. The van der Waals surface area contributed by atoms with E-state index in [2.05, 4.69) is 18.0 Å². The van der Waals surface area contributed by atoms with Crippen molar-refractivity contribution in [3.05, 3.63) is 28.8 Å². The highest BCUT2D eigenvalue weighted by molar-refractivity contribution is 7.80. The fourth-order valence-corrected chi connectivity index (χ4v) is 1.49. The van der Waals surface area contributed by atoms with E-state index in [1.165, 1.54) is 0 Å². The van der Waals surface area contributed by atoms with Gasteiger partial charge in [0.1, 0.15) is 12.4 Å². The summed E-state index contributed by atoms with van der Waals surface area (Å²) in [4.78, 5) is 1.72. The van der Waals surface area contributed by atoms with Gasteiger partial charge in [-0.1, -0.05) is 11.6 Å². The quantitative estimate of drug-likeness (QED) is 0.722. The third-order valence-electron chi connectivity index (χ3n) is 2.24. The summed E-state index contributed by atoms with van der Waals surface area (Å²) in [6.07, 6.45) is 0. The molecular formula is C13H20N2O3S2. The van der Waals surface area contributed by atoms with Crippen molar-refractivity contribution in [2.45, 2.75) is 20.5 Å². The molecule has 0 aliphatic heterocycles. The van der Waals surface area contributed by atoms with Crippen LogP contribution in [0.5, 0.6) is 5.75 Å². The molecule has 0 spiro atoms. The van der Waals surface area contributed by atoms with Crippen molar-refractivity contribution in [1.82, 2.24) is 4.90 Å². The summed E-state index contributed by atoms with van der Waals surface area (Å²) in [5.41, 5.74) is 7.12. The van der Waals surface area contributed by atoms with Crippen LogP contribution < -0.4 is 5.73 Å². The summed E-state index contributed by atoms with van der Waals surface area (Å²) in [6.45, 7) is 4.15. The van der Waals surface area contributed by atoms with Crippen molar-refractivity contribution in [1.29, 1.82) is 0 Å². The highest BCUT2D eigenvalue weighted by atomic mass is 32.1. The molecule has 0 aliphatic rings. The lowest BCUT2D eigenvalue weighted by Crippen LogP contribution is -2.22. The Bertz CT molecular complexity index is 487. The van der Waals surface area contributed by atoms with Crippen LogP contribution in [0.3, 0.4) is 0 Å². The van der Waals surface area contributed by atoms with Gasteiger partial charge in [-0.15, -0.1) is 0 Å². The Balaban J connectivity index is 0.000000796. The normalized spacial score (nSPS) is 9.20. The number of nitrogens with zero attached hydrogens (tertiary/aromatic N) is 1. The van der Waals surface area contributed by atoms with Gasteiger partial charge < -0.3 is 25.6 Å². The van der Waals surface area contributed by atoms with Crippen LogP contribution in [-0.4, -0.2) is 39.6 Å². The zero-order chi connectivity index (χ0) is 15.9. The van der Waals surface area contributed by atoms with Gasteiger partial charge in [0.15, 0.2) is 0 Å². The molecule has 5 nitrogen and oxygen atoms in total. The van der Waals surface area contributed by atoms with Crippen LogP contribution >= 0.6 is 24.4 Å². The van der Waals surface area contributed by atoms with Gasteiger partial charge in [-0.05, 0) is 49.9 Å². The maximum atomic E-state index is 9.84. The number of phenolic OH excluding ortho intramolecular Hbond substituents is 1. The van der Waals surface area contributed by atoms with Crippen LogP contribution in [0.4, 0.5) is 0 Å². The second-order valence-corrected chi connectivity index (χ2v) is 5.14. The van der Waals surface area contributed by atoms with Gasteiger partial charge in [-0.3, -0.25) is 0 Å². The van der Waals surface area contributed by atoms with E-state index < -0.39 is 5.17 Å². The Morgan fingerprint density at radius 1 is 1.30 bits per heavy atom. The number of aryl methyl sites for hydroxylation is 2. The van der Waals surface area contributed by atoms with Gasteiger partial charge in [0.05, 0.1) is 0 Å². The third kappa shape index (κ3) is 7.10. The monoisotopic (exact) mass is 316 g/mol. The van der Waals surface area contributed by atoms with Crippen LogP contribution in [0.15, 0.2) is 12.1 Å². The van der Waals surface area contributed by atoms with Crippen LogP contribution in [-0.2, 0) is 11.3 Å². The van der Waals surface area contributed by atoms with Gasteiger partial charge in [-0.25, -0.2) is 0 Å². The van der Waals surface area contributed by atoms with Crippen molar-refractivity contribution in [2.24, 2.45) is 5.73 Å². The summed E-state index contributed by atoms with van der Waals surface area (Å²) < 4.78 is 5.38. The molecule has 0 radical (unpaired) electrons. The first-order valence-electron chi connectivity index (χ1n) is 5.76. The molecule has 20 heavy (non-hydrogen) atoms. The van der Waals surface area contributed by atoms with Gasteiger partial charge in [0.25, 0.3) is 10.3 Å². The Kier molecular flexibility index (Phi) is 7.86. The highest BCUT2D eigenvalue weighted by Crippen LogP contribution is 2.24. The predicted octanol–water partition coefficient (Wildman–Crippen LogP) is 2.16. The average molecular weight is 316 g/mol. The van der Waals surface area contributed by atoms with E-state index in [0.29, 0.717) is 11.8 Å². The Morgan fingerprint density at radius 3 is 2.25 bits per heavy atom. The molecule has 0 saturated carbocycles. The standard InChI is InChI=1S/C12H17NO2S.CH3NOS/c1-8-5-9(2)11(14)10(6-8)7-15-12(16)13(3)4;2-1(3)4/h5-6,14H,7H2,1-4H3;(H3,2,3,4). The minimum atomic E-state index is -0.500. The molecule has 0 aromatic heterocycles. The number of benzene rings is 1. The summed E-state index contributed by atoms with van der Waals surface area (Å²) >= 11 is 8.88. The van der Waals surface area contributed by atoms with Crippen LogP contribution in [0.25, 0.3) is 0 Å². The number of nitrogens with two attached hydrogens (primary N) is 1. The van der Waals surface area contributed by atoms with Crippen molar-refractivity contribution >= 4 is 34.8 Å². The zero-order valence-electron chi connectivity index (χ0n) is 12.0. The van der Waals surface area contributed by atoms with Crippen molar-refractivity contribution < 1.29 is 14.9 Å². The maximum Gasteiger partial charge on any atom is 0.259 e. The number of hydrogen-bond donors (Lipinski definition) is 3. The molecule has 0 bridgehead atoms. The molecule has 0 heterocycles. The van der Waals surface area contributed by atoms with Crippen LogP contribution in [0.1, 0.15) is 16.7 Å². The van der Waals surface area contributed by atoms with E-state index in [9.17, 15) is 5.11 Å². The van der Waals surface area contributed by atoms with Crippen LogP contribution in [0.2, 0.25) is 0 Å². The summed E-state index contributed by atoms with van der Waals surface area (Å²) in [7, 11) is 3.65. The fourth-order valence-electron chi connectivity index (χ4n) is 1.43. The number of aliphatic hydroxyl groups is 1. The lowest BCUT2D eigenvalue weighted by Gasteiger charge is -2.15. The first-order valence-corrected chi connectivity index (χ1v) is 6.58. The molecule has 0 saturated heterocycles. The van der Waals surface area contributed by atoms with E-state index >= 15 is 0 Å². The van der Waals surface area contributed by atoms with Gasteiger partial charge >= 0.3 is 0 Å². The summed E-state index contributed by atoms with van der Waals surface area (Å²) in [6, 6.07) is 3.84. The Labute approximate surface area is 130 Å². The Morgan fingerprint density at radius 2 is 1.80 bits per heavy atom. The molecule has 4 N–H and O–H groups in total. The van der Waals surface area contributed by atoms with E-state index in [1.54, 1.807) is 4.90 Å². The first-order chi connectivity index (χ1) is 9.15. The second kappa shape index (κ2) is 8.55. The number of phenols is 1. The minimum Gasteiger partial charge on any atom is -0.507 e. The van der Waals surface area contributed by atoms with E-state index in [0.717, 1.165) is 16.7 Å². The lowest BCUT2D eigenvalue weighted by atomic mass is 10.1. The molecule has 0 aliphatic carbocycles. The lowest BCUT2D eigenvalue weighted by molar-refractivity contribution is 0.253. The zero-order valence-corrected chi connectivity index (χ0v) is 13.6. The molecule has 0 amide bonds. The van der Waals surface area contributed by atoms with E-state index in [-0.39, 0.29) is 5.75 Å². The van der Waals surface area contributed by atoms with Crippen molar-refractivity contribution in [3.63, 3.8) is 0 Å². The van der Waals surface area contributed by atoms with E-state index in [4.69, 9.17) is 22.1 Å². The number of rotatable bonds is 2. The molecular weight excluding hydrogens is 296 g/mol. The smallest absolute Gasteiger partial charge is 0.259 e. The van der Waals surface area contributed by atoms with Crippen molar-refractivity contribution in [2.75, 3.05) is 14.1 Å². The third-order valence-corrected chi connectivity index (χ3v) is 2.72. The SMILES string of the molecule is Cc1cc(C)c(O)c(COC(=S)N(C)C)c1.NC(O)=S. The topological polar surface area (TPSA) is 79.0 Å². The highest BCUT2D eigenvalue weighted by Gasteiger charge is 2.07. The van der Waals surface area contributed by atoms with E-state index in [1.807, 2.05) is 40.1 Å². The number of hydrogen-bond acceptors (Lipinski definition) is 4. The largest absolute Gasteiger partial charge is 0.507 e. The first kappa shape index (κ1) is 18.4. The fraction of sp³-hybridized carbons (Fsp3) is 0.385. The van der Waals surface area contributed by atoms with Crippen molar-refractivity contribution in [3.8, 4) is 5.75 Å². The Hall–Kier alpha value is -1.60. The number of thiocarbonyl (C=S) groups is 2. The summed E-state index contributed by atoms with van der Waals surface area (Å²) in [5.74, 6) is 0.284. The molecule has 1 aromatic rings. The number of aromatic hydroxyl groups is 1. The molecule has 0 fully saturated rings. The van der Waals surface area contributed by atoms with Gasteiger partial charge in [0, 0.05) is 19.7 Å². The second-order valence-electron chi connectivity index (χ2n) is 4.38. The molecule has 1 aromatic carbocycles. The molecule has 0 unspecified atom stereocenters. The maximum absolute atomic E-state index is 9.84. The average Bonchev–Trinajstić information content (AvgIpc) is 2.30. The number of aliphatic hydroxyl groups excluding tert-OH is 1. The number of ether oxygens (including phenoxy) is 1. The summed E-state index contributed by atoms with van der Waals surface area (Å²) in [5, 5.41) is 17.3. The molecule has 1 rings (SSSR count). The molecule has 112 valence electrons. The minimum absolute atomic E-state index is 0.284. The van der Waals surface area contributed by atoms with Gasteiger partial charge in [0.2, 0.25) is 0 Å². The predicted molar refractivity (Wildman–Crippen MR) is 88.1 cm³/mol.